The van der Waals surface area contributed by atoms with Crippen LogP contribution in [0.2, 0.25) is 0 Å². The Balaban J connectivity index is 2.41. The lowest BCUT2D eigenvalue weighted by Gasteiger charge is -2.18. The summed E-state index contributed by atoms with van der Waals surface area (Å²) in [4.78, 5) is 23.7. The Labute approximate surface area is 102 Å². The zero-order valence-electron chi connectivity index (χ0n) is 9.74. The van der Waals surface area contributed by atoms with Crippen LogP contribution < -0.4 is 10.6 Å². The van der Waals surface area contributed by atoms with Crippen molar-refractivity contribution < 1.29 is 18.4 Å². The van der Waals surface area contributed by atoms with Gasteiger partial charge in [-0.15, -0.1) is 0 Å². The van der Waals surface area contributed by atoms with Gasteiger partial charge in [0, 0.05) is 13.0 Å². The third-order valence-electron chi connectivity index (χ3n) is 3.06. The van der Waals surface area contributed by atoms with Crippen LogP contribution in [0.5, 0.6) is 0 Å². The van der Waals surface area contributed by atoms with Gasteiger partial charge in [-0.2, -0.15) is 0 Å². The first-order chi connectivity index (χ1) is 8.41. The molecule has 96 valence electrons. The predicted molar refractivity (Wildman–Crippen MR) is 60.7 cm³/mol. The maximum atomic E-state index is 13.9. The highest BCUT2D eigenvalue weighted by molar-refractivity contribution is 6.00. The molecule has 0 radical (unpaired) electrons. The summed E-state index contributed by atoms with van der Waals surface area (Å²) in [6, 6.07) is 2.39. The van der Waals surface area contributed by atoms with Crippen LogP contribution in [0.4, 0.5) is 14.5 Å². The Morgan fingerprint density at radius 3 is 2.67 bits per heavy atom. The third kappa shape index (κ3) is 1.94. The molecule has 1 aliphatic rings. The van der Waals surface area contributed by atoms with Crippen molar-refractivity contribution >= 4 is 17.5 Å². The number of anilines is 1. The van der Waals surface area contributed by atoms with Crippen LogP contribution in [0, 0.1) is 24.5 Å². The monoisotopic (exact) mass is 254 g/mol. The van der Waals surface area contributed by atoms with Crippen molar-refractivity contribution in [3.8, 4) is 0 Å². The normalized spacial score (nSPS) is 19.4. The molecule has 1 aromatic carbocycles. The van der Waals surface area contributed by atoms with Crippen molar-refractivity contribution in [1.29, 1.82) is 0 Å². The molecule has 4 nitrogen and oxygen atoms in total. The van der Waals surface area contributed by atoms with E-state index in [4.69, 9.17) is 5.73 Å². The zero-order chi connectivity index (χ0) is 13.4. The number of hydrogen-bond acceptors (Lipinski definition) is 2. The Kier molecular flexibility index (Phi) is 3.02. The zero-order valence-corrected chi connectivity index (χ0v) is 9.74. The molecule has 1 atom stereocenters. The van der Waals surface area contributed by atoms with E-state index in [0.717, 1.165) is 11.0 Å². The first-order valence-corrected chi connectivity index (χ1v) is 5.46. The van der Waals surface area contributed by atoms with Gasteiger partial charge >= 0.3 is 0 Å². The lowest BCUT2D eigenvalue weighted by atomic mass is 10.1. The molecular weight excluding hydrogens is 242 g/mol. The summed E-state index contributed by atoms with van der Waals surface area (Å²) in [5.74, 6) is -3.44. The molecule has 0 saturated carbocycles. The fraction of sp³-hybridized carbons (Fsp3) is 0.333. The van der Waals surface area contributed by atoms with Crippen LogP contribution in [0.15, 0.2) is 12.1 Å². The van der Waals surface area contributed by atoms with Crippen molar-refractivity contribution in [1.82, 2.24) is 0 Å². The lowest BCUT2D eigenvalue weighted by molar-refractivity contribution is -0.123. The van der Waals surface area contributed by atoms with E-state index >= 15 is 0 Å². The van der Waals surface area contributed by atoms with E-state index < -0.39 is 35.1 Å². The van der Waals surface area contributed by atoms with Crippen molar-refractivity contribution in [2.75, 3.05) is 11.4 Å². The van der Waals surface area contributed by atoms with Crippen LogP contribution in [0.1, 0.15) is 12.0 Å². The van der Waals surface area contributed by atoms with E-state index in [0.29, 0.717) is 0 Å². The molecule has 0 bridgehead atoms. The molecule has 0 aromatic heterocycles. The predicted octanol–water partition coefficient (Wildman–Crippen LogP) is 1.11. The van der Waals surface area contributed by atoms with Gasteiger partial charge in [0.2, 0.25) is 11.8 Å². The maximum absolute atomic E-state index is 13.9. The van der Waals surface area contributed by atoms with Gasteiger partial charge < -0.3 is 10.6 Å². The van der Waals surface area contributed by atoms with Crippen molar-refractivity contribution in [2.45, 2.75) is 13.3 Å². The summed E-state index contributed by atoms with van der Waals surface area (Å²) in [6.45, 7) is 1.40. The van der Waals surface area contributed by atoms with Crippen molar-refractivity contribution in [2.24, 2.45) is 11.7 Å². The molecular formula is C12H12F2N2O2. The second-order valence-electron chi connectivity index (χ2n) is 4.33. The molecule has 1 unspecified atom stereocenters. The van der Waals surface area contributed by atoms with Crippen LogP contribution in [-0.2, 0) is 9.59 Å². The van der Waals surface area contributed by atoms with E-state index in [9.17, 15) is 18.4 Å². The SMILES string of the molecule is Cc1ccc(F)c(N2CC(C(N)=O)CC2=O)c1F. The average molecular weight is 254 g/mol. The average Bonchev–Trinajstić information content (AvgIpc) is 2.67. The molecule has 6 heteroatoms. The first-order valence-electron chi connectivity index (χ1n) is 5.46. The number of rotatable bonds is 2. The number of aryl methyl sites for hydroxylation is 1. The van der Waals surface area contributed by atoms with E-state index in [-0.39, 0.29) is 18.5 Å². The minimum Gasteiger partial charge on any atom is -0.369 e. The number of amides is 2. The number of nitrogens with two attached hydrogens (primary N) is 1. The topological polar surface area (TPSA) is 63.4 Å². The summed E-state index contributed by atoms with van der Waals surface area (Å²) in [5.41, 5.74) is 4.94. The molecule has 1 aliphatic heterocycles. The smallest absolute Gasteiger partial charge is 0.228 e. The number of hydrogen-bond donors (Lipinski definition) is 1. The van der Waals surface area contributed by atoms with Crippen LogP contribution >= 0.6 is 0 Å². The van der Waals surface area contributed by atoms with Gasteiger partial charge in [0.1, 0.15) is 11.5 Å². The Bertz CT molecular complexity index is 531. The van der Waals surface area contributed by atoms with E-state index in [1.807, 2.05) is 0 Å². The molecule has 1 fully saturated rings. The van der Waals surface area contributed by atoms with Gasteiger partial charge in [0.25, 0.3) is 0 Å². The Morgan fingerprint density at radius 2 is 2.11 bits per heavy atom. The maximum Gasteiger partial charge on any atom is 0.228 e. The highest BCUT2D eigenvalue weighted by Gasteiger charge is 2.36. The van der Waals surface area contributed by atoms with E-state index in [1.165, 1.54) is 13.0 Å². The number of carbonyl (C=O) groups is 2. The van der Waals surface area contributed by atoms with E-state index in [2.05, 4.69) is 0 Å². The molecule has 1 aromatic rings. The minimum atomic E-state index is -0.823. The first kappa shape index (κ1) is 12.5. The number of carbonyl (C=O) groups excluding carboxylic acids is 2. The van der Waals surface area contributed by atoms with Crippen molar-refractivity contribution in [3.63, 3.8) is 0 Å². The van der Waals surface area contributed by atoms with Gasteiger partial charge in [0.15, 0.2) is 5.82 Å². The van der Waals surface area contributed by atoms with Crippen LogP contribution in [0.25, 0.3) is 0 Å². The second kappa shape index (κ2) is 4.36. The number of halogens is 2. The molecule has 2 N–H and O–H groups in total. The summed E-state index contributed by atoms with van der Waals surface area (Å²) in [6.07, 6.45) is -0.109. The molecule has 2 amide bonds. The lowest BCUT2D eigenvalue weighted by Crippen LogP contribution is -2.29. The second-order valence-corrected chi connectivity index (χ2v) is 4.33. The van der Waals surface area contributed by atoms with Crippen molar-refractivity contribution in [3.05, 3.63) is 29.3 Å². The Hall–Kier alpha value is -1.98. The third-order valence-corrected chi connectivity index (χ3v) is 3.06. The number of primary amides is 1. The van der Waals surface area contributed by atoms with Gasteiger partial charge in [-0.1, -0.05) is 6.07 Å². The largest absolute Gasteiger partial charge is 0.369 e. The summed E-state index contributed by atoms with van der Waals surface area (Å²) >= 11 is 0. The number of nitrogens with zero attached hydrogens (tertiary/aromatic N) is 1. The standard InChI is InChI=1S/C12H12F2N2O2/c1-6-2-3-8(13)11(10(6)14)16-5-7(12(15)18)4-9(16)17/h2-3,7H,4-5H2,1H3,(H2,15,18). The quantitative estimate of drug-likeness (QED) is 0.859. The molecule has 2 rings (SSSR count). The van der Waals surface area contributed by atoms with Crippen LogP contribution in [-0.4, -0.2) is 18.4 Å². The van der Waals surface area contributed by atoms with Crippen LogP contribution in [0.3, 0.4) is 0 Å². The number of benzene rings is 1. The highest BCUT2D eigenvalue weighted by atomic mass is 19.1. The van der Waals surface area contributed by atoms with Gasteiger partial charge in [0.05, 0.1) is 5.92 Å². The summed E-state index contributed by atoms with van der Waals surface area (Å²) in [7, 11) is 0. The molecule has 1 saturated heterocycles. The summed E-state index contributed by atoms with van der Waals surface area (Å²) < 4.78 is 27.5. The van der Waals surface area contributed by atoms with Gasteiger partial charge in [-0.3, -0.25) is 9.59 Å². The highest BCUT2D eigenvalue weighted by Crippen LogP contribution is 2.31. The van der Waals surface area contributed by atoms with E-state index in [1.54, 1.807) is 0 Å². The fourth-order valence-corrected chi connectivity index (χ4v) is 2.00. The molecule has 0 aliphatic carbocycles. The molecule has 1 heterocycles. The minimum absolute atomic E-state index is 0.0779. The van der Waals surface area contributed by atoms with Gasteiger partial charge in [-0.25, -0.2) is 8.78 Å². The Morgan fingerprint density at radius 1 is 1.44 bits per heavy atom. The fourth-order valence-electron chi connectivity index (χ4n) is 2.00. The summed E-state index contributed by atoms with van der Waals surface area (Å²) in [5, 5.41) is 0. The molecule has 0 spiro atoms. The van der Waals surface area contributed by atoms with Gasteiger partial charge in [-0.05, 0) is 18.6 Å². The molecule has 18 heavy (non-hydrogen) atoms.